The van der Waals surface area contributed by atoms with Crippen LogP contribution in [0, 0.1) is 11.3 Å². The number of hydrogen-bond acceptors (Lipinski definition) is 6. The minimum Gasteiger partial charge on any atom is -0.462 e. The molecule has 206 valence electrons. The first-order valence-corrected chi connectivity index (χ1v) is 14.2. The number of piperidine rings is 1. The molecule has 0 bridgehead atoms. The van der Waals surface area contributed by atoms with Gasteiger partial charge in [-0.25, -0.2) is 9.59 Å². The van der Waals surface area contributed by atoms with Crippen molar-refractivity contribution in [3.63, 3.8) is 0 Å². The molecule has 7 nitrogen and oxygen atoms in total. The summed E-state index contributed by atoms with van der Waals surface area (Å²) in [6, 6.07) is 7.80. The van der Waals surface area contributed by atoms with Crippen molar-refractivity contribution in [3.8, 4) is 0 Å². The molecule has 1 amide bonds. The lowest BCUT2D eigenvalue weighted by atomic mass is 9.68. The summed E-state index contributed by atoms with van der Waals surface area (Å²) in [7, 11) is 0. The first-order valence-electron chi connectivity index (χ1n) is 13.4. The number of benzene rings is 1. The van der Waals surface area contributed by atoms with Gasteiger partial charge in [0.2, 0.25) is 0 Å². The van der Waals surface area contributed by atoms with Crippen LogP contribution in [0.4, 0.5) is 4.79 Å². The molecule has 38 heavy (non-hydrogen) atoms. The van der Waals surface area contributed by atoms with Crippen LogP contribution < -0.4 is 5.32 Å². The van der Waals surface area contributed by atoms with Gasteiger partial charge in [-0.1, -0.05) is 41.9 Å². The lowest BCUT2D eigenvalue weighted by Gasteiger charge is -2.39. The number of esters is 1. The van der Waals surface area contributed by atoms with E-state index in [1.807, 2.05) is 52.0 Å². The number of ether oxygens (including phenoxy) is 2. The molecule has 2 aliphatic heterocycles. The highest BCUT2D eigenvalue weighted by atomic mass is 79.9. The van der Waals surface area contributed by atoms with E-state index in [-0.39, 0.29) is 29.8 Å². The molecular formula is C30H39BrN2O5. The fourth-order valence-electron chi connectivity index (χ4n) is 5.61. The number of dihydropyridines is 1. The second kappa shape index (κ2) is 10.9. The van der Waals surface area contributed by atoms with Crippen LogP contribution in [0.25, 0.3) is 0 Å². The standard InChI is InChI=1S/C30H39BrN2O5/c1-18-24(27(35)37-17-19-10-12-33(13-11-19)28(36)38-29(2,3)4)25(20-8-7-9-21(31)14-20)26-22(32-18)15-30(5,6)16-23(26)34/h7-9,14,19,25,32H,10-13,15-17H2,1-6H3/t25-/m0/s1. The number of likely N-dealkylation sites (tertiary alicyclic amines) is 1. The second-order valence-corrected chi connectivity index (χ2v) is 13.4. The highest BCUT2D eigenvalue weighted by molar-refractivity contribution is 9.10. The summed E-state index contributed by atoms with van der Waals surface area (Å²) in [4.78, 5) is 41.1. The molecule has 2 heterocycles. The Morgan fingerprint density at radius 3 is 2.47 bits per heavy atom. The Labute approximate surface area is 234 Å². The van der Waals surface area contributed by atoms with Gasteiger partial charge in [0.25, 0.3) is 0 Å². The zero-order chi connectivity index (χ0) is 27.8. The summed E-state index contributed by atoms with van der Waals surface area (Å²) < 4.78 is 12.3. The van der Waals surface area contributed by atoms with Crippen molar-refractivity contribution < 1.29 is 23.9 Å². The number of nitrogens with zero attached hydrogens (tertiary/aromatic N) is 1. The van der Waals surface area contributed by atoms with Crippen LogP contribution in [0.1, 0.15) is 78.7 Å². The monoisotopic (exact) mass is 586 g/mol. The Hall–Kier alpha value is -2.61. The van der Waals surface area contributed by atoms with Crippen LogP contribution in [0.3, 0.4) is 0 Å². The number of allylic oxidation sites excluding steroid dienone is 3. The van der Waals surface area contributed by atoms with Crippen LogP contribution in [-0.2, 0) is 19.1 Å². The van der Waals surface area contributed by atoms with E-state index in [1.165, 1.54) is 0 Å². The number of ketones is 1. The average Bonchev–Trinajstić information content (AvgIpc) is 2.80. The van der Waals surface area contributed by atoms with E-state index >= 15 is 0 Å². The molecule has 0 unspecified atom stereocenters. The van der Waals surface area contributed by atoms with Crippen molar-refractivity contribution >= 4 is 33.8 Å². The Balaban J connectivity index is 1.49. The van der Waals surface area contributed by atoms with E-state index in [9.17, 15) is 14.4 Å². The van der Waals surface area contributed by atoms with Crippen molar-refractivity contribution in [2.24, 2.45) is 11.3 Å². The quantitative estimate of drug-likeness (QED) is 0.420. The van der Waals surface area contributed by atoms with Crippen LogP contribution in [0.2, 0.25) is 0 Å². The highest BCUT2D eigenvalue weighted by Gasteiger charge is 2.43. The topological polar surface area (TPSA) is 84.9 Å². The number of hydrogen-bond donors (Lipinski definition) is 1. The van der Waals surface area contributed by atoms with Crippen LogP contribution in [0.15, 0.2) is 51.3 Å². The number of halogens is 1. The Bertz CT molecular complexity index is 1190. The summed E-state index contributed by atoms with van der Waals surface area (Å²) in [5.74, 6) is -0.653. The van der Waals surface area contributed by atoms with Crippen LogP contribution in [0.5, 0.6) is 0 Å². The summed E-state index contributed by atoms with van der Waals surface area (Å²) in [6.45, 7) is 13.1. The number of Topliss-reactive ketones (excluding diaryl/α,β-unsaturated/α-hetero) is 1. The van der Waals surface area contributed by atoms with Crippen molar-refractivity contribution in [2.75, 3.05) is 19.7 Å². The zero-order valence-electron chi connectivity index (χ0n) is 23.3. The molecular weight excluding hydrogens is 548 g/mol. The normalized spacial score (nSPS) is 22.1. The van der Waals surface area contributed by atoms with Gasteiger partial charge < -0.3 is 19.7 Å². The van der Waals surface area contributed by atoms with Crippen LogP contribution in [-0.4, -0.2) is 48.0 Å². The maximum absolute atomic E-state index is 13.6. The Morgan fingerprint density at radius 1 is 1.16 bits per heavy atom. The van der Waals surface area contributed by atoms with E-state index in [0.717, 1.165) is 40.7 Å². The summed E-state index contributed by atoms with van der Waals surface area (Å²) >= 11 is 3.55. The van der Waals surface area contributed by atoms with Gasteiger partial charge in [0.1, 0.15) is 5.60 Å². The number of amides is 1. The molecule has 0 aromatic heterocycles. The van der Waals surface area contributed by atoms with Gasteiger partial charge in [0.05, 0.1) is 12.2 Å². The minimum atomic E-state index is -0.529. The van der Waals surface area contributed by atoms with Gasteiger partial charge in [0, 0.05) is 46.9 Å². The van der Waals surface area contributed by atoms with Gasteiger partial charge in [-0.15, -0.1) is 0 Å². The molecule has 1 atom stereocenters. The molecule has 1 aromatic carbocycles. The van der Waals surface area contributed by atoms with Crippen molar-refractivity contribution in [2.45, 2.75) is 78.7 Å². The highest BCUT2D eigenvalue weighted by Crippen LogP contribution is 2.47. The van der Waals surface area contributed by atoms with E-state index in [0.29, 0.717) is 30.7 Å². The number of nitrogens with one attached hydrogen (secondary N) is 1. The van der Waals surface area contributed by atoms with Crippen molar-refractivity contribution in [3.05, 3.63) is 56.8 Å². The first-order chi connectivity index (χ1) is 17.7. The second-order valence-electron chi connectivity index (χ2n) is 12.5. The third-order valence-corrected chi connectivity index (χ3v) is 7.85. The largest absolute Gasteiger partial charge is 0.462 e. The predicted octanol–water partition coefficient (Wildman–Crippen LogP) is 6.24. The number of rotatable bonds is 4. The summed E-state index contributed by atoms with van der Waals surface area (Å²) in [5, 5.41) is 3.39. The van der Waals surface area contributed by atoms with E-state index in [4.69, 9.17) is 9.47 Å². The minimum absolute atomic E-state index is 0.0704. The lowest BCUT2D eigenvalue weighted by Crippen LogP contribution is -2.42. The molecule has 8 heteroatoms. The molecule has 1 aliphatic carbocycles. The fraction of sp³-hybridized carbons (Fsp3) is 0.567. The van der Waals surface area contributed by atoms with Crippen molar-refractivity contribution in [1.29, 1.82) is 0 Å². The smallest absolute Gasteiger partial charge is 0.410 e. The molecule has 0 spiro atoms. The molecule has 1 N–H and O–H groups in total. The average molecular weight is 588 g/mol. The van der Waals surface area contributed by atoms with Crippen LogP contribution >= 0.6 is 15.9 Å². The molecule has 3 aliphatic rings. The number of carbonyl (C=O) groups is 3. The Kier molecular flexibility index (Phi) is 8.12. The molecule has 4 rings (SSSR count). The fourth-order valence-corrected chi connectivity index (χ4v) is 6.02. The maximum atomic E-state index is 13.6. The van der Waals surface area contributed by atoms with E-state index in [1.54, 1.807) is 4.90 Å². The third kappa shape index (κ3) is 6.50. The number of carbonyl (C=O) groups excluding carboxylic acids is 3. The van der Waals surface area contributed by atoms with Gasteiger partial charge >= 0.3 is 12.1 Å². The summed E-state index contributed by atoms with van der Waals surface area (Å²) in [5.41, 5.74) is 3.00. The molecule has 1 fully saturated rings. The predicted molar refractivity (Wildman–Crippen MR) is 149 cm³/mol. The van der Waals surface area contributed by atoms with E-state index < -0.39 is 17.5 Å². The lowest BCUT2D eigenvalue weighted by molar-refractivity contribution is -0.141. The molecule has 0 radical (unpaired) electrons. The SMILES string of the molecule is CC1=C(C(=O)OCC2CCN(C(=O)OC(C)(C)C)CC2)[C@H](c2cccc(Br)c2)C2=C(CC(C)(C)CC2=O)N1. The maximum Gasteiger partial charge on any atom is 0.410 e. The molecule has 1 saturated heterocycles. The molecule has 0 saturated carbocycles. The van der Waals surface area contributed by atoms with Gasteiger partial charge in [-0.2, -0.15) is 0 Å². The van der Waals surface area contributed by atoms with E-state index in [2.05, 4.69) is 35.1 Å². The first kappa shape index (κ1) is 28.4. The Morgan fingerprint density at radius 2 is 1.84 bits per heavy atom. The molecule has 1 aromatic rings. The van der Waals surface area contributed by atoms with Crippen molar-refractivity contribution in [1.82, 2.24) is 10.2 Å². The zero-order valence-corrected chi connectivity index (χ0v) is 24.9. The van der Waals surface area contributed by atoms with Gasteiger partial charge in [-0.3, -0.25) is 4.79 Å². The van der Waals surface area contributed by atoms with Gasteiger partial charge in [0.15, 0.2) is 5.78 Å². The van der Waals surface area contributed by atoms with Gasteiger partial charge in [-0.05, 0) is 76.0 Å². The third-order valence-electron chi connectivity index (χ3n) is 7.36. The summed E-state index contributed by atoms with van der Waals surface area (Å²) in [6.07, 6.45) is 2.36.